The smallest absolute Gasteiger partial charge is 0.136 e. The van der Waals surface area contributed by atoms with Crippen LogP contribution in [0, 0.1) is 0 Å². The van der Waals surface area contributed by atoms with Crippen LogP contribution in [0.2, 0.25) is 0 Å². The Labute approximate surface area is 418 Å². The van der Waals surface area contributed by atoms with E-state index in [0.717, 1.165) is 22.5 Å². The molecule has 0 unspecified atom stereocenters. The summed E-state index contributed by atoms with van der Waals surface area (Å²) in [5, 5.41) is 7.36. The van der Waals surface area contributed by atoms with Gasteiger partial charge in [0.15, 0.2) is 0 Å². The zero-order valence-electron chi connectivity index (χ0n) is 39.9. The lowest BCUT2D eigenvalue weighted by Gasteiger charge is -2.33. The van der Waals surface area contributed by atoms with Crippen molar-refractivity contribution in [1.82, 2.24) is 0 Å². The summed E-state index contributed by atoms with van der Waals surface area (Å²) >= 11 is 0. The maximum atomic E-state index is 6.46. The molecule has 16 rings (SSSR count). The Morgan fingerprint density at radius 1 is 0.319 bits per heavy atom. The molecule has 13 aromatic rings. The highest BCUT2D eigenvalue weighted by atomic mass is 16.3. The fourth-order valence-corrected chi connectivity index (χ4v) is 13.8. The first-order valence-corrected chi connectivity index (χ1v) is 25.2. The van der Waals surface area contributed by atoms with Crippen LogP contribution in [-0.2, 0) is 10.8 Å². The summed E-state index contributed by atoms with van der Waals surface area (Å²) < 4.78 is 6.46. The van der Waals surface area contributed by atoms with Gasteiger partial charge in [0.2, 0.25) is 0 Å². The molecule has 0 amide bonds. The molecule has 0 N–H and O–H groups in total. The number of benzene rings is 12. The molecule has 12 aromatic carbocycles. The van der Waals surface area contributed by atoms with Crippen LogP contribution >= 0.6 is 0 Å². The molecule has 2 nitrogen and oxygen atoms in total. The quantitative estimate of drug-likeness (QED) is 0.160. The van der Waals surface area contributed by atoms with Crippen LogP contribution in [0.25, 0.3) is 99.1 Å². The number of anilines is 3. The molecule has 0 radical (unpaired) electrons. The Balaban J connectivity index is 0.972. The van der Waals surface area contributed by atoms with Crippen LogP contribution < -0.4 is 4.90 Å². The van der Waals surface area contributed by atoms with E-state index in [-0.39, 0.29) is 5.41 Å². The molecule has 1 heterocycles. The van der Waals surface area contributed by atoms with Crippen LogP contribution in [-0.4, -0.2) is 0 Å². The molecule has 3 aliphatic rings. The molecule has 3 aliphatic carbocycles. The van der Waals surface area contributed by atoms with Crippen molar-refractivity contribution < 1.29 is 4.42 Å². The molecule has 0 fully saturated rings. The Bertz CT molecular complexity index is 4370. The average Bonchev–Trinajstić information content (AvgIpc) is 4.13. The van der Waals surface area contributed by atoms with Crippen molar-refractivity contribution in [3.05, 3.63) is 270 Å². The van der Waals surface area contributed by atoms with E-state index in [9.17, 15) is 0 Å². The SMILES string of the molecule is CC1(C)c2ccccc2-c2c(N(c3ccc(-c4ccccc4)cc3)c3ccc4c(c3)C3(c5ccccc5-c5ccccc53)c3cccc(-c5ccc6c(c5)c5cccc7oc8cccc6c8c75)c3-4)cccc21. The van der Waals surface area contributed by atoms with Crippen molar-refractivity contribution in [2.45, 2.75) is 24.7 Å². The third-order valence-electron chi connectivity index (χ3n) is 16.8. The number of furan rings is 1. The molecule has 1 spiro atoms. The van der Waals surface area contributed by atoms with Gasteiger partial charge in [-0.25, -0.2) is 0 Å². The Morgan fingerprint density at radius 3 is 1.60 bits per heavy atom. The highest BCUT2D eigenvalue weighted by molar-refractivity contribution is 6.33. The first-order chi connectivity index (χ1) is 35.5. The minimum Gasteiger partial charge on any atom is -0.456 e. The van der Waals surface area contributed by atoms with Gasteiger partial charge in [0, 0.05) is 33.1 Å². The lowest BCUT2D eigenvalue weighted by atomic mass is 9.70. The highest BCUT2D eigenvalue weighted by Crippen LogP contribution is 2.65. The maximum absolute atomic E-state index is 6.46. The van der Waals surface area contributed by atoms with Crippen molar-refractivity contribution in [1.29, 1.82) is 0 Å². The number of hydrogen-bond acceptors (Lipinski definition) is 2. The summed E-state index contributed by atoms with van der Waals surface area (Å²) in [5.41, 5.74) is 25.1. The van der Waals surface area contributed by atoms with Gasteiger partial charge in [-0.1, -0.05) is 202 Å². The summed E-state index contributed by atoms with van der Waals surface area (Å²) in [4.78, 5) is 2.53. The van der Waals surface area contributed by atoms with E-state index in [2.05, 4.69) is 255 Å². The van der Waals surface area contributed by atoms with Gasteiger partial charge in [-0.15, -0.1) is 0 Å². The maximum Gasteiger partial charge on any atom is 0.136 e. The summed E-state index contributed by atoms with van der Waals surface area (Å²) in [6.07, 6.45) is 0. The number of hydrogen-bond donors (Lipinski definition) is 0. The standard InChI is InChI=1S/C70H45NO/c1-69(2)56-24-9-8-20-53(56)66-59(69)27-15-29-62(66)71(45-35-32-43(33-36-45)42-16-4-3-5-17-42)46-37-39-54-61(41-46)70(57-25-10-6-18-49(57)50-19-7-11-26-58(50)70)60-28-12-21-47(65(54)60)44-34-38-48-51-22-13-30-63-67(51)68-52(55(48)40-44)23-14-31-64(68)72-63/h3-41H,1-2H3. The van der Waals surface area contributed by atoms with E-state index in [1.807, 2.05) is 0 Å². The van der Waals surface area contributed by atoms with Gasteiger partial charge in [-0.05, 0) is 154 Å². The molecule has 0 aliphatic heterocycles. The summed E-state index contributed by atoms with van der Waals surface area (Å²) in [7, 11) is 0. The predicted octanol–water partition coefficient (Wildman–Crippen LogP) is 18.8. The number of fused-ring (bicyclic) bond motifs is 16. The van der Waals surface area contributed by atoms with E-state index < -0.39 is 5.41 Å². The van der Waals surface area contributed by atoms with Crippen LogP contribution in [0.15, 0.2) is 241 Å². The highest BCUT2D eigenvalue weighted by Gasteiger charge is 2.52. The van der Waals surface area contributed by atoms with Crippen LogP contribution in [0.1, 0.15) is 47.2 Å². The lowest BCUT2D eigenvalue weighted by molar-refractivity contribution is 0.660. The van der Waals surface area contributed by atoms with E-state index in [1.54, 1.807) is 0 Å². The zero-order valence-corrected chi connectivity index (χ0v) is 39.9. The third-order valence-corrected chi connectivity index (χ3v) is 16.8. The minimum absolute atomic E-state index is 0.153. The van der Waals surface area contributed by atoms with Gasteiger partial charge in [-0.3, -0.25) is 0 Å². The Morgan fingerprint density at radius 2 is 0.861 bits per heavy atom. The Kier molecular flexibility index (Phi) is 7.92. The van der Waals surface area contributed by atoms with Crippen molar-refractivity contribution in [2.24, 2.45) is 0 Å². The number of rotatable bonds is 5. The van der Waals surface area contributed by atoms with E-state index in [4.69, 9.17) is 4.42 Å². The van der Waals surface area contributed by atoms with Crippen LogP contribution in [0.4, 0.5) is 17.1 Å². The summed E-state index contributed by atoms with van der Waals surface area (Å²) in [6, 6.07) is 88.7. The fourth-order valence-electron chi connectivity index (χ4n) is 13.8. The summed E-state index contributed by atoms with van der Waals surface area (Å²) in [5.74, 6) is 0. The van der Waals surface area contributed by atoms with Gasteiger partial charge in [-0.2, -0.15) is 0 Å². The summed E-state index contributed by atoms with van der Waals surface area (Å²) in [6.45, 7) is 4.75. The van der Waals surface area contributed by atoms with Crippen LogP contribution in [0.5, 0.6) is 0 Å². The largest absolute Gasteiger partial charge is 0.456 e. The molecule has 2 heteroatoms. The van der Waals surface area contributed by atoms with Crippen molar-refractivity contribution >= 4 is 60.5 Å². The molecule has 0 bridgehead atoms. The van der Waals surface area contributed by atoms with Gasteiger partial charge in [0.05, 0.1) is 11.1 Å². The minimum atomic E-state index is -0.568. The molecule has 0 saturated heterocycles. The third kappa shape index (κ3) is 5.08. The first-order valence-electron chi connectivity index (χ1n) is 25.2. The second kappa shape index (κ2) is 14.3. The van der Waals surface area contributed by atoms with Gasteiger partial charge in [0.1, 0.15) is 11.2 Å². The molecule has 336 valence electrons. The van der Waals surface area contributed by atoms with Gasteiger partial charge < -0.3 is 9.32 Å². The molecule has 0 saturated carbocycles. The lowest BCUT2D eigenvalue weighted by Crippen LogP contribution is -2.26. The number of nitrogens with zero attached hydrogens (tertiary/aromatic N) is 1. The second-order valence-electron chi connectivity index (χ2n) is 20.6. The molecular weight excluding hydrogens is 871 g/mol. The van der Waals surface area contributed by atoms with E-state index >= 15 is 0 Å². The topological polar surface area (TPSA) is 16.4 Å². The van der Waals surface area contributed by atoms with E-state index in [1.165, 1.54) is 127 Å². The zero-order chi connectivity index (χ0) is 47.5. The first kappa shape index (κ1) is 39.8. The second-order valence-corrected chi connectivity index (χ2v) is 20.6. The predicted molar refractivity (Wildman–Crippen MR) is 299 cm³/mol. The Hall–Kier alpha value is -8.98. The fraction of sp³-hybridized carbons (Fsp3) is 0.0571. The monoisotopic (exact) mass is 915 g/mol. The van der Waals surface area contributed by atoms with Crippen LogP contribution in [0.3, 0.4) is 0 Å². The van der Waals surface area contributed by atoms with E-state index in [0.29, 0.717) is 0 Å². The normalized spacial score (nSPS) is 14.2. The molecule has 72 heavy (non-hydrogen) atoms. The van der Waals surface area contributed by atoms with Crippen molar-refractivity contribution in [3.63, 3.8) is 0 Å². The van der Waals surface area contributed by atoms with Crippen molar-refractivity contribution in [3.8, 4) is 55.6 Å². The molecule has 0 atom stereocenters. The van der Waals surface area contributed by atoms with Gasteiger partial charge >= 0.3 is 0 Å². The van der Waals surface area contributed by atoms with Gasteiger partial charge in [0.25, 0.3) is 0 Å². The average molecular weight is 916 g/mol. The molecule has 1 aromatic heterocycles. The van der Waals surface area contributed by atoms with Crippen molar-refractivity contribution in [2.75, 3.05) is 4.90 Å². The molecular formula is C70H45NO.